The van der Waals surface area contributed by atoms with E-state index in [0.29, 0.717) is 92.5 Å². The monoisotopic (exact) mass is 604 g/mol. The predicted molar refractivity (Wildman–Crippen MR) is 171 cm³/mol. The zero-order chi connectivity index (χ0) is 30.3. The van der Waals surface area contributed by atoms with Gasteiger partial charge in [-0.25, -0.2) is 0 Å². The number of rotatable bonds is 39. The fraction of sp³-hybridized carbons (Fsp3) is 0.941. The van der Waals surface area contributed by atoms with Crippen molar-refractivity contribution in [3.63, 3.8) is 0 Å². The molecule has 8 heteroatoms. The molecule has 252 valence electrons. The minimum Gasteiger partial charge on any atom is -0.499 e. The van der Waals surface area contributed by atoms with E-state index in [1.807, 2.05) is 0 Å². The molecule has 0 aromatic carbocycles. The van der Waals surface area contributed by atoms with Crippen LogP contribution in [0.1, 0.15) is 110 Å². The van der Waals surface area contributed by atoms with Crippen molar-refractivity contribution < 1.29 is 37.9 Å². The molecule has 0 rings (SSSR count). The van der Waals surface area contributed by atoms with Gasteiger partial charge in [0.2, 0.25) is 0 Å². The summed E-state index contributed by atoms with van der Waals surface area (Å²) in [4.78, 5) is 0. The SMILES string of the molecule is C=COCCOCCOCCOCCOCCOCCOCCOCCCCCCCCCCCCCCCCCC. The number of hydrogen-bond acceptors (Lipinski definition) is 8. The Labute approximate surface area is 259 Å². The van der Waals surface area contributed by atoms with Crippen LogP contribution in [0.2, 0.25) is 0 Å². The van der Waals surface area contributed by atoms with Crippen LogP contribution < -0.4 is 0 Å². The zero-order valence-electron chi connectivity index (χ0n) is 27.5. The predicted octanol–water partition coefficient (Wildman–Crippen LogP) is 7.52. The van der Waals surface area contributed by atoms with Gasteiger partial charge in [0.15, 0.2) is 0 Å². The molecular weight excluding hydrogens is 536 g/mol. The lowest BCUT2D eigenvalue weighted by atomic mass is 10.0. The molecule has 0 aliphatic carbocycles. The summed E-state index contributed by atoms with van der Waals surface area (Å²) in [7, 11) is 0. The number of ether oxygens (including phenoxy) is 8. The fourth-order valence-corrected chi connectivity index (χ4v) is 4.36. The van der Waals surface area contributed by atoms with E-state index in [9.17, 15) is 0 Å². The molecular formula is C34H68O8. The second kappa shape index (κ2) is 40.3. The van der Waals surface area contributed by atoms with Gasteiger partial charge in [0, 0.05) is 6.61 Å². The van der Waals surface area contributed by atoms with Crippen molar-refractivity contribution in [3.8, 4) is 0 Å². The van der Waals surface area contributed by atoms with Crippen molar-refractivity contribution in [2.24, 2.45) is 0 Å². The maximum Gasteiger partial charge on any atom is 0.111 e. The van der Waals surface area contributed by atoms with Gasteiger partial charge in [-0.05, 0) is 6.42 Å². The standard InChI is InChI=1S/C34H68O8/c1-3-5-6-7-8-9-10-11-12-13-14-15-16-17-18-19-20-36-23-24-38-27-28-40-31-32-42-34-33-41-30-29-39-26-25-37-22-21-35-4-2/h4H,2-3,5-34H2,1H3. The first-order valence-corrected chi connectivity index (χ1v) is 17.2. The average molecular weight is 605 g/mol. The zero-order valence-corrected chi connectivity index (χ0v) is 27.5. The van der Waals surface area contributed by atoms with Crippen LogP contribution in [-0.4, -0.2) is 99.1 Å². The Morgan fingerprint density at radius 2 is 0.548 bits per heavy atom. The highest BCUT2D eigenvalue weighted by atomic mass is 16.6. The Morgan fingerprint density at radius 3 is 0.833 bits per heavy atom. The van der Waals surface area contributed by atoms with Crippen molar-refractivity contribution >= 4 is 0 Å². The van der Waals surface area contributed by atoms with Gasteiger partial charge in [-0.1, -0.05) is 110 Å². The molecule has 0 aliphatic rings. The molecule has 0 saturated carbocycles. The van der Waals surface area contributed by atoms with Crippen LogP contribution >= 0.6 is 0 Å². The first kappa shape index (κ1) is 41.3. The van der Waals surface area contributed by atoms with E-state index in [0.717, 1.165) is 13.0 Å². The second-order valence-electron chi connectivity index (χ2n) is 10.6. The minimum atomic E-state index is 0.514. The van der Waals surface area contributed by atoms with Crippen molar-refractivity contribution in [3.05, 3.63) is 12.8 Å². The molecule has 0 unspecified atom stereocenters. The lowest BCUT2D eigenvalue weighted by Crippen LogP contribution is -2.14. The molecule has 0 atom stereocenters. The maximum absolute atomic E-state index is 5.68. The van der Waals surface area contributed by atoms with E-state index >= 15 is 0 Å². The molecule has 0 aromatic rings. The number of hydrogen-bond donors (Lipinski definition) is 0. The highest BCUT2D eigenvalue weighted by Crippen LogP contribution is 2.13. The summed E-state index contributed by atoms with van der Waals surface area (Å²) in [5.74, 6) is 0. The van der Waals surface area contributed by atoms with Crippen molar-refractivity contribution in [2.75, 3.05) is 99.1 Å². The lowest BCUT2D eigenvalue weighted by molar-refractivity contribution is -0.0217. The molecule has 0 amide bonds. The topological polar surface area (TPSA) is 73.8 Å². The largest absolute Gasteiger partial charge is 0.499 e. The molecule has 8 nitrogen and oxygen atoms in total. The Balaban J connectivity index is 3.02. The van der Waals surface area contributed by atoms with Crippen LogP contribution in [0.4, 0.5) is 0 Å². The van der Waals surface area contributed by atoms with Gasteiger partial charge < -0.3 is 37.9 Å². The highest BCUT2D eigenvalue weighted by molar-refractivity contribution is 4.50. The summed E-state index contributed by atoms with van der Waals surface area (Å²) < 4.78 is 43.4. The normalized spacial score (nSPS) is 11.4. The molecule has 0 aliphatic heterocycles. The van der Waals surface area contributed by atoms with E-state index < -0.39 is 0 Å². The van der Waals surface area contributed by atoms with E-state index in [4.69, 9.17) is 37.9 Å². The van der Waals surface area contributed by atoms with Gasteiger partial charge >= 0.3 is 0 Å². The first-order chi connectivity index (χ1) is 20.9. The van der Waals surface area contributed by atoms with E-state index in [1.165, 1.54) is 103 Å². The van der Waals surface area contributed by atoms with Crippen LogP contribution in [0.3, 0.4) is 0 Å². The first-order valence-electron chi connectivity index (χ1n) is 17.2. The minimum absolute atomic E-state index is 0.514. The third-order valence-electron chi connectivity index (χ3n) is 6.84. The summed E-state index contributed by atoms with van der Waals surface area (Å²) >= 11 is 0. The molecule has 0 heterocycles. The van der Waals surface area contributed by atoms with Crippen molar-refractivity contribution in [2.45, 2.75) is 110 Å². The Hall–Kier alpha value is -0.740. The Morgan fingerprint density at radius 1 is 0.310 bits per heavy atom. The van der Waals surface area contributed by atoms with E-state index in [2.05, 4.69) is 13.5 Å². The molecule has 0 saturated heterocycles. The lowest BCUT2D eigenvalue weighted by Gasteiger charge is -2.08. The van der Waals surface area contributed by atoms with E-state index in [-0.39, 0.29) is 0 Å². The summed E-state index contributed by atoms with van der Waals surface area (Å²) in [6.45, 7) is 14.4. The number of unbranched alkanes of at least 4 members (excludes halogenated alkanes) is 15. The summed E-state index contributed by atoms with van der Waals surface area (Å²) in [6, 6.07) is 0. The Bertz CT molecular complexity index is 480. The van der Waals surface area contributed by atoms with E-state index in [1.54, 1.807) is 0 Å². The molecule has 0 fully saturated rings. The molecule has 0 N–H and O–H groups in total. The van der Waals surface area contributed by atoms with Crippen LogP contribution in [0, 0.1) is 0 Å². The quantitative estimate of drug-likeness (QED) is 0.0527. The molecule has 0 spiro atoms. The Kier molecular flexibility index (Phi) is 39.6. The molecule has 0 radical (unpaired) electrons. The molecule has 42 heavy (non-hydrogen) atoms. The molecule has 0 bridgehead atoms. The molecule has 0 aromatic heterocycles. The third kappa shape index (κ3) is 39.3. The summed E-state index contributed by atoms with van der Waals surface area (Å²) in [5, 5.41) is 0. The van der Waals surface area contributed by atoms with Gasteiger partial charge in [-0.3, -0.25) is 0 Å². The van der Waals surface area contributed by atoms with Crippen molar-refractivity contribution in [1.82, 2.24) is 0 Å². The maximum atomic E-state index is 5.68. The average Bonchev–Trinajstić information content (AvgIpc) is 3.00. The smallest absolute Gasteiger partial charge is 0.111 e. The van der Waals surface area contributed by atoms with Crippen molar-refractivity contribution in [1.29, 1.82) is 0 Å². The van der Waals surface area contributed by atoms with Crippen LogP contribution in [0.15, 0.2) is 12.8 Å². The van der Waals surface area contributed by atoms with Gasteiger partial charge in [0.25, 0.3) is 0 Å². The van der Waals surface area contributed by atoms with Gasteiger partial charge in [-0.2, -0.15) is 0 Å². The van der Waals surface area contributed by atoms with Gasteiger partial charge in [-0.15, -0.1) is 0 Å². The van der Waals surface area contributed by atoms with Crippen LogP contribution in [-0.2, 0) is 37.9 Å². The van der Waals surface area contributed by atoms with Crippen LogP contribution in [0.5, 0.6) is 0 Å². The second-order valence-corrected chi connectivity index (χ2v) is 10.6. The summed E-state index contributed by atoms with van der Waals surface area (Å²) in [5.41, 5.74) is 0. The fourth-order valence-electron chi connectivity index (χ4n) is 4.36. The van der Waals surface area contributed by atoms with Gasteiger partial charge in [0.05, 0.1) is 92.2 Å². The third-order valence-corrected chi connectivity index (χ3v) is 6.84. The van der Waals surface area contributed by atoms with Gasteiger partial charge in [0.1, 0.15) is 6.61 Å². The van der Waals surface area contributed by atoms with Crippen LogP contribution in [0.25, 0.3) is 0 Å². The highest BCUT2D eigenvalue weighted by Gasteiger charge is 1.97. The summed E-state index contributed by atoms with van der Waals surface area (Å²) in [6.07, 6.45) is 23.7.